The Morgan fingerprint density at radius 2 is 2.21 bits per heavy atom. The highest BCUT2D eigenvalue weighted by Crippen LogP contribution is 2.20. The van der Waals surface area contributed by atoms with Gasteiger partial charge in [-0.3, -0.25) is 9.69 Å². The first-order chi connectivity index (χ1) is 9.06. The van der Waals surface area contributed by atoms with E-state index in [1.54, 1.807) is 13.2 Å². The maximum absolute atomic E-state index is 11.7. The fraction of sp³-hybridized carbons (Fsp3) is 0.500. The number of amides is 1. The van der Waals surface area contributed by atoms with Crippen LogP contribution in [-0.4, -0.2) is 37.6 Å². The molecule has 19 heavy (non-hydrogen) atoms. The fourth-order valence-electron chi connectivity index (χ4n) is 2.01. The summed E-state index contributed by atoms with van der Waals surface area (Å²) in [7, 11) is 3.54. The van der Waals surface area contributed by atoms with E-state index in [9.17, 15) is 4.79 Å². The van der Waals surface area contributed by atoms with Gasteiger partial charge in [-0.15, -0.1) is 0 Å². The quantitative estimate of drug-likeness (QED) is 0.751. The molecule has 0 bridgehead atoms. The molecule has 1 aromatic carbocycles. The third kappa shape index (κ3) is 4.44. The molecule has 1 fully saturated rings. The minimum absolute atomic E-state index is 0.0841. The van der Waals surface area contributed by atoms with Crippen molar-refractivity contribution in [3.63, 3.8) is 0 Å². The van der Waals surface area contributed by atoms with E-state index in [4.69, 9.17) is 10.5 Å². The number of nitrogens with zero attached hydrogens (tertiary/aromatic N) is 1. The van der Waals surface area contributed by atoms with Gasteiger partial charge in [-0.1, -0.05) is 0 Å². The van der Waals surface area contributed by atoms with Crippen molar-refractivity contribution < 1.29 is 9.53 Å². The van der Waals surface area contributed by atoms with E-state index < -0.39 is 0 Å². The van der Waals surface area contributed by atoms with E-state index in [1.807, 2.05) is 24.1 Å². The molecule has 2 rings (SSSR count). The highest BCUT2D eigenvalue weighted by Gasteiger charge is 2.23. The third-order valence-corrected chi connectivity index (χ3v) is 3.03. The van der Waals surface area contributed by atoms with Crippen molar-refractivity contribution in [3.8, 4) is 5.75 Å². The summed E-state index contributed by atoms with van der Waals surface area (Å²) in [6, 6.07) is 6.03. The lowest BCUT2D eigenvalue weighted by Gasteiger charge is -2.17. The highest BCUT2D eigenvalue weighted by molar-refractivity contribution is 5.78. The number of ether oxygens (including phenoxy) is 1. The lowest BCUT2D eigenvalue weighted by Crippen LogP contribution is -2.35. The van der Waals surface area contributed by atoms with Crippen LogP contribution in [0.4, 0.5) is 5.69 Å². The normalized spacial score (nSPS) is 14.5. The first kappa shape index (κ1) is 13.7. The first-order valence-electron chi connectivity index (χ1n) is 6.48. The number of benzene rings is 1. The van der Waals surface area contributed by atoms with Gasteiger partial charge < -0.3 is 15.8 Å². The van der Waals surface area contributed by atoms with E-state index in [0.717, 1.165) is 24.2 Å². The molecule has 0 saturated heterocycles. The topological polar surface area (TPSA) is 67.6 Å². The number of nitrogens with two attached hydrogens (primary N) is 1. The minimum atomic E-state index is 0.0841. The predicted molar refractivity (Wildman–Crippen MR) is 74.9 cm³/mol. The number of methoxy groups -OCH3 is 1. The van der Waals surface area contributed by atoms with Crippen LogP contribution in [0.2, 0.25) is 0 Å². The molecular weight excluding hydrogens is 242 g/mol. The van der Waals surface area contributed by atoms with E-state index >= 15 is 0 Å². The van der Waals surface area contributed by atoms with Crippen molar-refractivity contribution in [3.05, 3.63) is 23.8 Å². The zero-order chi connectivity index (χ0) is 13.8. The number of likely N-dealkylation sites (N-methyl/N-ethyl adjacent to an activating group) is 1. The maximum Gasteiger partial charge on any atom is 0.234 e. The Kier molecular flexibility index (Phi) is 4.27. The summed E-state index contributed by atoms with van der Waals surface area (Å²) in [6.45, 7) is 1.06. The fourth-order valence-corrected chi connectivity index (χ4v) is 2.01. The molecule has 5 heteroatoms. The van der Waals surface area contributed by atoms with Crippen molar-refractivity contribution in [1.82, 2.24) is 10.2 Å². The van der Waals surface area contributed by atoms with Crippen LogP contribution in [0.3, 0.4) is 0 Å². The van der Waals surface area contributed by atoms with Crippen molar-refractivity contribution in [2.45, 2.75) is 25.4 Å². The Labute approximate surface area is 113 Å². The Morgan fingerprint density at radius 3 is 2.84 bits per heavy atom. The standard InChI is InChI=1S/C14H21N3O2/c1-17(9-14(18)16-12-3-4-12)8-10-5-11(15)7-13(6-10)19-2/h5-7,12H,3-4,8-9,15H2,1-2H3,(H,16,18). The molecular formula is C14H21N3O2. The average Bonchev–Trinajstić information content (AvgIpc) is 3.11. The molecule has 5 nitrogen and oxygen atoms in total. The molecule has 104 valence electrons. The summed E-state index contributed by atoms with van der Waals surface area (Å²) < 4.78 is 5.18. The molecule has 0 spiro atoms. The molecule has 0 aliphatic heterocycles. The SMILES string of the molecule is COc1cc(N)cc(CN(C)CC(=O)NC2CC2)c1. The van der Waals surface area contributed by atoms with Gasteiger partial charge in [0, 0.05) is 24.3 Å². The zero-order valence-corrected chi connectivity index (χ0v) is 11.5. The summed E-state index contributed by atoms with van der Waals surface area (Å²) in [5.41, 5.74) is 7.52. The second-order valence-corrected chi connectivity index (χ2v) is 5.13. The lowest BCUT2D eigenvalue weighted by atomic mass is 10.2. The number of anilines is 1. The second kappa shape index (κ2) is 5.93. The van der Waals surface area contributed by atoms with Crippen LogP contribution < -0.4 is 15.8 Å². The van der Waals surface area contributed by atoms with Gasteiger partial charge in [-0.05, 0) is 37.6 Å². The number of nitrogens with one attached hydrogen (secondary N) is 1. The largest absolute Gasteiger partial charge is 0.497 e. The Hall–Kier alpha value is -1.75. The summed E-state index contributed by atoms with van der Waals surface area (Å²) in [4.78, 5) is 13.6. The van der Waals surface area contributed by atoms with Gasteiger partial charge in [0.1, 0.15) is 5.75 Å². The molecule has 1 saturated carbocycles. The monoisotopic (exact) mass is 263 g/mol. The Bertz CT molecular complexity index is 458. The van der Waals surface area contributed by atoms with Crippen LogP contribution in [-0.2, 0) is 11.3 Å². The average molecular weight is 263 g/mol. The molecule has 3 N–H and O–H groups in total. The van der Waals surface area contributed by atoms with Crippen LogP contribution >= 0.6 is 0 Å². The van der Waals surface area contributed by atoms with Crippen molar-refractivity contribution in [1.29, 1.82) is 0 Å². The predicted octanol–water partition coefficient (Wildman–Crippen LogP) is 0.988. The van der Waals surface area contributed by atoms with E-state index in [1.165, 1.54) is 0 Å². The van der Waals surface area contributed by atoms with Crippen LogP contribution in [0.15, 0.2) is 18.2 Å². The van der Waals surface area contributed by atoms with Crippen LogP contribution in [0.25, 0.3) is 0 Å². The summed E-state index contributed by atoms with van der Waals surface area (Å²) in [5.74, 6) is 0.826. The lowest BCUT2D eigenvalue weighted by molar-refractivity contribution is -0.122. The van der Waals surface area contributed by atoms with Gasteiger partial charge in [0.15, 0.2) is 0 Å². The van der Waals surface area contributed by atoms with Crippen LogP contribution in [0.5, 0.6) is 5.75 Å². The van der Waals surface area contributed by atoms with E-state index in [0.29, 0.717) is 24.8 Å². The van der Waals surface area contributed by atoms with E-state index in [-0.39, 0.29) is 5.91 Å². The smallest absolute Gasteiger partial charge is 0.234 e. The van der Waals surface area contributed by atoms with Crippen LogP contribution in [0.1, 0.15) is 18.4 Å². The summed E-state index contributed by atoms with van der Waals surface area (Å²) >= 11 is 0. The number of rotatable bonds is 6. The van der Waals surface area contributed by atoms with Crippen molar-refractivity contribution in [2.24, 2.45) is 0 Å². The third-order valence-electron chi connectivity index (χ3n) is 3.03. The number of hydrogen-bond acceptors (Lipinski definition) is 4. The van der Waals surface area contributed by atoms with E-state index in [2.05, 4.69) is 5.32 Å². The van der Waals surface area contributed by atoms with Gasteiger partial charge in [-0.2, -0.15) is 0 Å². The van der Waals surface area contributed by atoms with Gasteiger partial charge in [0.2, 0.25) is 5.91 Å². The molecule has 0 unspecified atom stereocenters. The molecule has 0 heterocycles. The molecule has 0 aromatic heterocycles. The summed E-state index contributed by atoms with van der Waals surface area (Å²) in [5, 5.41) is 2.97. The van der Waals surface area contributed by atoms with Gasteiger partial charge in [0.25, 0.3) is 0 Å². The van der Waals surface area contributed by atoms with Gasteiger partial charge >= 0.3 is 0 Å². The van der Waals surface area contributed by atoms with Crippen LogP contribution in [0, 0.1) is 0 Å². The number of carbonyl (C=O) groups excluding carboxylic acids is 1. The number of hydrogen-bond donors (Lipinski definition) is 2. The molecule has 1 aliphatic rings. The van der Waals surface area contributed by atoms with Gasteiger partial charge in [0.05, 0.1) is 13.7 Å². The Balaban J connectivity index is 1.88. The number of carbonyl (C=O) groups is 1. The Morgan fingerprint density at radius 1 is 1.47 bits per heavy atom. The second-order valence-electron chi connectivity index (χ2n) is 5.13. The van der Waals surface area contributed by atoms with Gasteiger partial charge in [-0.25, -0.2) is 0 Å². The molecule has 0 radical (unpaired) electrons. The zero-order valence-electron chi connectivity index (χ0n) is 11.5. The molecule has 1 aliphatic carbocycles. The van der Waals surface area contributed by atoms with Crippen molar-refractivity contribution >= 4 is 11.6 Å². The maximum atomic E-state index is 11.7. The summed E-state index contributed by atoms with van der Waals surface area (Å²) in [6.07, 6.45) is 2.23. The minimum Gasteiger partial charge on any atom is -0.497 e. The number of nitrogen functional groups attached to an aromatic ring is 1. The molecule has 1 amide bonds. The molecule has 1 aromatic rings. The molecule has 0 atom stereocenters. The van der Waals surface area contributed by atoms with Crippen molar-refractivity contribution in [2.75, 3.05) is 26.4 Å². The highest BCUT2D eigenvalue weighted by atomic mass is 16.5. The first-order valence-corrected chi connectivity index (χ1v) is 6.48.